The number of fused-ring (bicyclic) bond motifs is 1. The van der Waals surface area contributed by atoms with Gasteiger partial charge in [0.15, 0.2) is 5.13 Å². The van der Waals surface area contributed by atoms with Gasteiger partial charge in [0, 0.05) is 11.3 Å². The molecule has 31 heavy (non-hydrogen) atoms. The van der Waals surface area contributed by atoms with Gasteiger partial charge in [-0.2, -0.15) is 0 Å². The van der Waals surface area contributed by atoms with Crippen LogP contribution in [0, 0.1) is 0 Å². The Hall–Kier alpha value is -2.77. The third kappa shape index (κ3) is 5.68. The summed E-state index contributed by atoms with van der Waals surface area (Å²) < 4.78 is 12.1. The van der Waals surface area contributed by atoms with Crippen LogP contribution in [0.25, 0.3) is 10.2 Å². The molecule has 2 aromatic carbocycles. The average molecular weight is 453 g/mol. The molecular formula is C24H24N2O3S2. The second-order valence-electron chi connectivity index (χ2n) is 6.88. The standard InChI is InChI=1S/C24H24N2O3S2/c1-2-28-18-12-13-21-22(16-18)31-24(25-21)26(17-19-8-6-14-29-19)23(27)11-7-15-30-20-9-4-3-5-10-20/h3-6,8-10,12-14,16H,2,7,11,15,17H2,1H3. The zero-order valence-corrected chi connectivity index (χ0v) is 19.0. The van der Waals surface area contributed by atoms with Gasteiger partial charge in [-0.15, -0.1) is 11.8 Å². The number of aromatic nitrogens is 1. The molecule has 1 amide bonds. The zero-order chi connectivity index (χ0) is 21.5. The van der Waals surface area contributed by atoms with Crippen LogP contribution in [0.1, 0.15) is 25.5 Å². The Kier molecular flexibility index (Phi) is 7.27. The summed E-state index contributed by atoms with van der Waals surface area (Å²) in [6.07, 6.45) is 2.88. The molecule has 4 aromatic rings. The second kappa shape index (κ2) is 10.5. The molecule has 5 nitrogen and oxygen atoms in total. The Morgan fingerprint density at radius 1 is 1.16 bits per heavy atom. The van der Waals surface area contributed by atoms with E-state index in [1.165, 1.54) is 16.2 Å². The average Bonchev–Trinajstić information content (AvgIpc) is 3.45. The first-order chi connectivity index (χ1) is 15.2. The third-order valence-electron chi connectivity index (χ3n) is 4.63. The smallest absolute Gasteiger partial charge is 0.229 e. The Balaban J connectivity index is 1.47. The molecule has 0 aliphatic rings. The highest BCUT2D eigenvalue weighted by Gasteiger charge is 2.21. The SMILES string of the molecule is CCOc1ccc2nc(N(Cc3ccco3)C(=O)CCCSc3ccccc3)sc2c1. The predicted octanol–water partition coefficient (Wildman–Crippen LogP) is 6.39. The number of furan rings is 1. The van der Waals surface area contributed by atoms with Gasteiger partial charge >= 0.3 is 0 Å². The number of rotatable bonds is 10. The Morgan fingerprint density at radius 3 is 2.81 bits per heavy atom. The third-order valence-corrected chi connectivity index (χ3v) is 6.77. The van der Waals surface area contributed by atoms with Crippen LogP contribution in [0.2, 0.25) is 0 Å². The fourth-order valence-corrected chi connectivity index (χ4v) is 5.04. The van der Waals surface area contributed by atoms with Gasteiger partial charge in [0.05, 0.1) is 29.6 Å². The molecule has 0 saturated heterocycles. The summed E-state index contributed by atoms with van der Waals surface area (Å²) in [6, 6.07) is 19.8. The molecule has 0 fully saturated rings. The summed E-state index contributed by atoms with van der Waals surface area (Å²) in [5.74, 6) is 2.49. The number of ether oxygens (including phenoxy) is 1. The van der Waals surface area contributed by atoms with Gasteiger partial charge in [-0.3, -0.25) is 9.69 Å². The van der Waals surface area contributed by atoms with Gasteiger partial charge < -0.3 is 9.15 Å². The summed E-state index contributed by atoms with van der Waals surface area (Å²) in [5.41, 5.74) is 0.861. The molecule has 0 spiro atoms. The monoisotopic (exact) mass is 452 g/mol. The van der Waals surface area contributed by atoms with Gasteiger partial charge in [-0.1, -0.05) is 29.5 Å². The summed E-state index contributed by atoms with van der Waals surface area (Å²) in [6.45, 7) is 2.94. The van der Waals surface area contributed by atoms with Crippen molar-refractivity contribution in [2.45, 2.75) is 31.2 Å². The first kappa shape index (κ1) is 21.5. The summed E-state index contributed by atoms with van der Waals surface area (Å²) in [4.78, 5) is 20.8. The highest BCUT2D eigenvalue weighted by atomic mass is 32.2. The van der Waals surface area contributed by atoms with Crippen LogP contribution in [0.15, 0.2) is 76.2 Å². The van der Waals surface area contributed by atoms with E-state index in [9.17, 15) is 4.79 Å². The largest absolute Gasteiger partial charge is 0.494 e. The molecular weight excluding hydrogens is 428 g/mol. The number of nitrogens with zero attached hydrogens (tertiary/aromatic N) is 2. The van der Waals surface area contributed by atoms with Gasteiger partial charge in [0.1, 0.15) is 11.5 Å². The van der Waals surface area contributed by atoms with E-state index in [0.717, 1.165) is 33.9 Å². The molecule has 0 aliphatic heterocycles. The number of carbonyl (C=O) groups excluding carboxylic acids is 1. The van der Waals surface area contributed by atoms with E-state index in [2.05, 4.69) is 12.1 Å². The number of hydrogen-bond donors (Lipinski definition) is 0. The maximum atomic E-state index is 13.1. The van der Waals surface area contributed by atoms with Crippen molar-refractivity contribution in [2.24, 2.45) is 0 Å². The number of thioether (sulfide) groups is 1. The van der Waals surface area contributed by atoms with Crippen molar-refractivity contribution in [2.75, 3.05) is 17.3 Å². The minimum absolute atomic E-state index is 0.0501. The number of anilines is 1. The van der Waals surface area contributed by atoms with Crippen LogP contribution in [-0.2, 0) is 11.3 Å². The normalized spacial score (nSPS) is 11.0. The number of amides is 1. The summed E-state index contributed by atoms with van der Waals surface area (Å²) >= 11 is 3.27. The van der Waals surface area contributed by atoms with Crippen LogP contribution in [0.5, 0.6) is 5.75 Å². The van der Waals surface area contributed by atoms with E-state index < -0.39 is 0 Å². The Bertz CT molecular complexity index is 1110. The minimum Gasteiger partial charge on any atom is -0.494 e. The maximum Gasteiger partial charge on any atom is 0.229 e. The lowest BCUT2D eigenvalue weighted by Gasteiger charge is -2.18. The number of carbonyl (C=O) groups is 1. The van der Waals surface area contributed by atoms with Crippen LogP contribution < -0.4 is 9.64 Å². The number of thiazole rings is 1. The maximum absolute atomic E-state index is 13.1. The van der Waals surface area contributed by atoms with E-state index >= 15 is 0 Å². The molecule has 2 heterocycles. The van der Waals surface area contributed by atoms with Crippen molar-refractivity contribution in [1.82, 2.24) is 4.98 Å². The van der Waals surface area contributed by atoms with Crippen molar-refractivity contribution in [3.05, 3.63) is 72.7 Å². The quantitative estimate of drug-likeness (QED) is 0.206. The molecule has 7 heteroatoms. The molecule has 2 aromatic heterocycles. The number of hydrogen-bond acceptors (Lipinski definition) is 6. The Morgan fingerprint density at radius 2 is 2.03 bits per heavy atom. The molecule has 4 rings (SSSR count). The zero-order valence-electron chi connectivity index (χ0n) is 17.3. The molecule has 160 valence electrons. The van der Waals surface area contributed by atoms with Crippen LogP contribution in [0.3, 0.4) is 0 Å². The molecule has 0 radical (unpaired) electrons. The van der Waals surface area contributed by atoms with E-state index in [1.54, 1.807) is 22.9 Å². The van der Waals surface area contributed by atoms with Crippen molar-refractivity contribution in [3.63, 3.8) is 0 Å². The lowest BCUT2D eigenvalue weighted by atomic mass is 10.3. The lowest BCUT2D eigenvalue weighted by molar-refractivity contribution is -0.118. The van der Waals surface area contributed by atoms with E-state index in [0.29, 0.717) is 24.7 Å². The van der Waals surface area contributed by atoms with Gasteiger partial charge in [-0.25, -0.2) is 4.98 Å². The second-order valence-corrected chi connectivity index (χ2v) is 9.06. The van der Waals surface area contributed by atoms with Crippen molar-refractivity contribution < 1.29 is 13.9 Å². The van der Waals surface area contributed by atoms with E-state index in [4.69, 9.17) is 14.1 Å². The Labute approximate surface area is 190 Å². The van der Waals surface area contributed by atoms with Crippen LogP contribution >= 0.6 is 23.1 Å². The first-order valence-electron chi connectivity index (χ1n) is 10.3. The topological polar surface area (TPSA) is 55.6 Å². The highest BCUT2D eigenvalue weighted by Crippen LogP contribution is 2.33. The fraction of sp³-hybridized carbons (Fsp3) is 0.250. The predicted molar refractivity (Wildman–Crippen MR) is 127 cm³/mol. The molecule has 0 bridgehead atoms. The molecule has 0 unspecified atom stereocenters. The summed E-state index contributed by atoms with van der Waals surface area (Å²) in [5, 5.41) is 0.681. The van der Waals surface area contributed by atoms with E-state index in [1.807, 2.05) is 55.5 Å². The minimum atomic E-state index is 0.0501. The molecule has 0 saturated carbocycles. The summed E-state index contributed by atoms with van der Waals surface area (Å²) in [7, 11) is 0. The van der Waals surface area contributed by atoms with Crippen molar-refractivity contribution >= 4 is 44.4 Å². The van der Waals surface area contributed by atoms with Crippen LogP contribution in [0.4, 0.5) is 5.13 Å². The molecule has 0 aliphatic carbocycles. The van der Waals surface area contributed by atoms with Crippen LogP contribution in [-0.4, -0.2) is 23.3 Å². The fourth-order valence-electron chi connectivity index (χ4n) is 3.15. The van der Waals surface area contributed by atoms with Crippen molar-refractivity contribution in [3.8, 4) is 5.75 Å². The van der Waals surface area contributed by atoms with Crippen molar-refractivity contribution in [1.29, 1.82) is 0 Å². The lowest BCUT2D eigenvalue weighted by Crippen LogP contribution is -2.30. The molecule has 0 atom stereocenters. The number of benzene rings is 2. The van der Waals surface area contributed by atoms with Gasteiger partial charge in [-0.05, 0) is 61.6 Å². The first-order valence-corrected chi connectivity index (χ1v) is 12.1. The van der Waals surface area contributed by atoms with E-state index in [-0.39, 0.29) is 5.91 Å². The van der Waals surface area contributed by atoms with Gasteiger partial charge in [0.25, 0.3) is 0 Å². The highest BCUT2D eigenvalue weighted by molar-refractivity contribution is 7.99. The molecule has 0 N–H and O–H groups in total. The van der Waals surface area contributed by atoms with Gasteiger partial charge in [0.2, 0.25) is 5.91 Å².